The van der Waals surface area contributed by atoms with Crippen LogP contribution in [-0.4, -0.2) is 11.0 Å². The van der Waals surface area contributed by atoms with Gasteiger partial charge in [-0.25, -0.2) is 4.39 Å². The monoisotopic (exact) mass is 258 g/mol. The molecule has 2 nitrogen and oxygen atoms in total. The quantitative estimate of drug-likeness (QED) is 0.904. The zero-order valence-electron chi connectivity index (χ0n) is 11.6. The smallest absolute Gasteiger partial charge is 0.149 e. The molecule has 0 aliphatic carbocycles. The average Bonchev–Trinajstić information content (AvgIpc) is 2.38. The summed E-state index contributed by atoms with van der Waals surface area (Å²) < 4.78 is 13.8. The molecule has 0 aliphatic heterocycles. The zero-order valence-corrected chi connectivity index (χ0v) is 11.6. The van der Waals surface area contributed by atoms with Crippen LogP contribution >= 0.6 is 0 Å². The summed E-state index contributed by atoms with van der Waals surface area (Å²) in [5, 5.41) is 3.37. The number of halogens is 1. The molecular formula is C16H19FN2. The Labute approximate surface area is 113 Å². The van der Waals surface area contributed by atoms with E-state index in [0.717, 1.165) is 23.2 Å². The minimum absolute atomic E-state index is 0.278. The van der Waals surface area contributed by atoms with Gasteiger partial charge in [-0.05, 0) is 35.7 Å². The standard InChI is InChI=1S/C16H19FN2/c1-11(2)19-9-13-5-4-12(3)15(8-13)14-6-7-18-10-16(14)17/h4-8,10-11,19H,9H2,1-3H3. The van der Waals surface area contributed by atoms with Crippen molar-refractivity contribution in [2.24, 2.45) is 0 Å². The second kappa shape index (κ2) is 5.93. The van der Waals surface area contributed by atoms with Gasteiger partial charge in [0.1, 0.15) is 5.82 Å². The Morgan fingerprint density at radius 2 is 2.00 bits per heavy atom. The van der Waals surface area contributed by atoms with Crippen LogP contribution in [0.3, 0.4) is 0 Å². The van der Waals surface area contributed by atoms with Crippen LogP contribution in [0.1, 0.15) is 25.0 Å². The van der Waals surface area contributed by atoms with Crippen molar-refractivity contribution in [1.29, 1.82) is 0 Å². The maximum atomic E-state index is 13.8. The van der Waals surface area contributed by atoms with E-state index in [-0.39, 0.29) is 5.82 Å². The molecule has 0 atom stereocenters. The number of aryl methyl sites for hydroxylation is 1. The van der Waals surface area contributed by atoms with Crippen LogP contribution in [-0.2, 0) is 6.54 Å². The third-order valence-corrected chi connectivity index (χ3v) is 3.08. The molecule has 0 aliphatic rings. The molecule has 2 aromatic rings. The van der Waals surface area contributed by atoms with E-state index >= 15 is 0 Å². The predicted molar refractivity (Wildman–Crippen MR) is 76.3 cm³/mol. The molecule has 0 spiro atoms. The molecule has 0 fully saturated rings. The highest BCUT2D eigenvalue weighted by Crippen LogP contribution is 2.26. The van der Waals surface area contributed by atoms with Crippen molar-refractivity contribution in [1.82, 2.24) is 10.3 Å². The lowest BCUT2D eigenvalue weighted by molar-refractivity contribution is 0.589. The van der Waals surface area contributed by atoms with Crippen LogP contribution in [0.4, 0.5) is 4.39 Å². The first kappa shape index (κ1) is 13.7. The Hall–Kier alpha value is -1.74. The van der Waals surface area contributed by atoms with Gasteiger partial charge >= 0.3 is 0 Å². The highest BCUT2D eigenvalue weighted by Gasteiger charge is 2.08. The average molecular weight is 258 g/mol. The topological polar surface area (TPSA) is 24.9 Å². The molecule has 1 aromatic carbocycles. The zero-order chi connectivity index (χ0) is 13.8. The number of rotatable bonds is 4. The Bertz CT molecular complexity index is 564. The third kappa shape index (κ3) is 3.38. The molecule has 2 rings (SSSR count). The fraction of sp³-hybridized carbons (Fsp3) is 0.312. The van der Waals surface area contributed by atoms with Gasteiger partial charge in [0.25, 0.3) is 0 Å². The highest BCUT2D eigenvalue weighted by molar-refractivity contribution is 5.68. The van der Waals surface area contributed by atoms with E-state index in [0.29, 0.717) is 11.6 Å². The molecule has 0 bridgehead atoms. The van der Waals surface area contributed by atoms with Gasteiger partial charge in [-0.15, -0.1) is 0 Å². The molecule has 3 heteroatoms. The molecule has 0 radical (unpaired) electrons. The maximum absolute atomic E-state index is 13.8. The summed E-state index contributed by atoms with van der Waals surface area (Å²) in [7, 11) is 0. The van der Waals surface area contributed by atoms with Crippen molar-refractivity contribution in [3.8, 4) is 11.1 Å². The lowest BCUT2D eigenvalue weighted by atomic mass is 9.98. The molecule has 1 aromatic heterocycles. The first-order chi connectivity index (χ1) is 9.08. The van der Waals surface area contributed by atoms with Gasteiger partial charge in [-0.2, -0.15) is 0 Å². The van der Waals surface area contributed by atoms with Crippen LogP contribution < -0.4 is 5.32 Å². The van der Waals surface area contributed by atoms with Gasteiger partial charge in [0, 0.05) is 24.3 Å². The molecule has 0 saturated carbocycles. The number of hydrogen-bond donors (Lipinski definition) is 1. The van der Waals surface area contributed by atoms with E-state index in [1.165, 1.54) is 6.20 Å². The number of pyridine rings is 1. The number of nitrogens with one attached hydrogen (secondary N) is 1. The fourth-order valence-electron chi connectivity index (χ4n) is 1.98. The van der Waals surface area contributed by atoms with Crippen molar-refractivity contribution in [3.63, 3.8) is 0 Å². The van der Waals surface area contributed by atoms with E-state index < -0.39 is 0 Å². The molecule has 19 heavy (non-hydrogen) atoms. The first-order valence-corrected chi connectivity index (χ1v) is 6.50. The SMILES string of the molecule is Cc1ccc(CNC(C)C)cc1-c1ccncc1F. The van der Waals surface area contributed by atoms with Gasteiger partial charge in [0.2, 0.25) is 0 Å². The fourth-order valence-corrected chi connectivity index (χ4v) is 1.98. The highest BCUT2D eigenvalue weighted by atomic mass is 19.1. The number of hydrogen-bond acceptors (Lipinski definition) is 2. The van der Waals surface area contributed by atoms with E-state index in [9.17, 15) is 4.39 Å². The second-order valence-corrected chi connectivity index (χ2v) is 5.04. The van der Waals surface area contributed by atoms with E-state index in [1.54, 1.807) is 12.3 Å². The summed E-state index contributed by atoms with van der Waals surface area (Å²) in [5.74, 6) is -0.278. The van der Waals surface area contributed by atoms with Crippen LogP contribution in [0.25, 0.3) is 11.1 Å². The van der Waals surface area contributed by atoms with Gasteiger partial charge in [-0.3, -0.25) is 4.98 Å². The Morgan fingerprint density at radius 1 is 1.21 bits per heavy atom. The van der Waals surface area contributed by atoms with Gasteiger partial charge in [-0.1, -0.05) is 26.0 Å². The second-order valence-electron chi connectivity index (χ2n) is 5.04. The predicted octanol–water partition coefficient (Wildman–Crippen LogP) is 3.69. The molecule has 0 amide bonds. The van der Waals surface area contributed by atoms with Crippen molar-refractivity contribution in [2.45, 2.75) is 33.4 Å². The minimum atomic E-state index is -0.278. The summed E-state index contributed by atoms with van der Waals surface area (Å²) in [5.41, 5.74) is 3.77. The number of benzene rings is 1. The van der Waals surface area contributed by atoms with E-state index in [1.807, 2.05) is 19.1 Å². The Kier molecular flexibility index (Phi) is 4.27. The van der Waals surface area contributed by atoms with Gasteiger partial charge < -0.3 is 5.32 Å². The van der Waals surface area contributed by atoms with Crippen LogP contribution in [0.5, 0.6) is 0 Å². The number of nitrogens with zero attached hydrogens (tertiary/aromatic N) is 1. The summed E-state index contributed by atoms with van der Waals surface area (Å²) >= 11 is 0. The van der Waals surface area contributed by atoms with Crippen molar-refractivity contribution in [2.75, 3.05) is 0 Å². The third-order valence-electron chi connectivity index (χ3n) is 3.08. The molecule has 1 N–H and O–H groups in total. The van der Waals surface area contributed by atoms with E-state index in [4.69, 9.17) is 0 Å². The lowest BCUT2D eigenvalue weighted by Gasteiger charge is -2.12. The van der Waals surface area contributed by atoms with Crippen molar-refractivity contribution >= 4 is 0 Å². The van der Waals surface area contributed by atoms with Crippen molar-refractivity contribution in [3.05, 3.63) is 53.6 Å². The number of aromatic nitrogens is 1. The summed E-state index contributed by atoms with van der Waals surface area (Å²) in [6.45, 7) is 7.00. The minimum Gasteiger partial charge on any atom is -0.310 e. The molecule has 0 unspecified atom stereocenters. The van der Waals surface area contributed by atoms with Crippen LogP contribution in [0.2, 0.25) is 0 Å². The summed E-state index contributed by atoms with van der Waals surface area (Å²) in [4.78, 5) is 3.79. The van der Waals surface area contributed by atoms with Gasteiger partial charge in [0.05, 0.1) is 6.20 Å². The Balaban J connectivity index is 2.35. The first-order valence-electron chi connectivity index (χ1n) is 6.50. The van der Waals surface area contributed by atoms with Crippen molar-refractivity contribution < 1.29 is 4.39 Å². The Morgan fingerprint density at radius 3 is 2.68 bits per heavy atom. The molecular weight excluding hydrogens is 239 g/mol. The van der Waals surface area contributed by atoms with Gasteiger partial charge in [0.15, 0.2) is 0 Å². The van der Waals surface area contributed by atoms with Crippen LogP contribution in [0, 0.1) is 12.7 Å². The largest absolute Gasteiger partial charge is 0.310 e. The maximum Gasteiger partial charge on any atom is 0.149 e. The van der Waals surface area contributed by atoms with Crippen LogP contribution in [0.15, 0.2) is 36.7 Å². The summed E-state index contributed by atoms with van der Waals surface area (Å²) in [6, 6.07) is 8.31. The van der Waals surface area contributed by atoms with E-state index in [2.05, 4.69) is 30.2 Å². The normalized spacial score (nSPS) is 11.0. The molecule has 1 heterocycles. The lowest BCUT2D eigenvalue weighted by Crippen LogP contribution is -2.21. The summed E-state index contributed by atoms with van der Waals surface area (Å²) in [6.07, 6.45) is 2.88. The molecule has 100 valence electrons. The molecule has 0 saturated heterocycles.